The van der Waals surface area contributed by atoms with Gasteiger partial charge in [0.05, 0.1) is 0 Å². The zero-order valence-corrected chi connectivity index (χ0v) is 42.1. The van der Waals surface area contributed by atoms with E-state index in [9.17, 15) is 0 Å². The van der Waals surface area contributed by atoms with Crippen LogP contribution in [0.3, 0.4) is 0 Å². The highest BCUT2D eigenvalue weighted by Crippen LogP contribution is 2.43. The van der Waals surface area contributed by atoms with Crippen molar-refractivity contribution in [2.75, 3.05) is 9.80 Å². The van der Waals surface area contributed by atoms with Crippen LogP contribution in [-0.2, 0) is 10.8 Å². The SMILES string of the molecule is CC(C)c1ccc(N(c2ccc(C3CCCCC3)cc2)c2ccc(C=Cc3ccc(N(c4ccc(C(C)C)cc4)c4ccc(C5CCCCC5)cc4)cc3C(C)(C)C)c(C(C)(C)C)c2)cc1. The minimum atomic E-state index is -0.0808. The van der Waals surface area contributed by atoms with Gasteiger partial charge in [0.25, 0.3) is 0 Å². The van der Waals surface area contributed by atoms with Crippen molar-refractivity contribution in [1.82, 2.24) is 0 Å². The summed E-state index contributed by atoms with van der Waals surface area (Å²) in [7, 11) is 0. The monoisotopic (exact) mass is 875 g/mol. The van der Waals surface area contributed by atoms with Crippen LogP contribution in [0.5, 0.6) is 0 Å². The van der Waals surface area contributed by atoms with E-state index in [0.29, 0.717) is 23.7 Å². The van der Waals surface area contributed by atoms with Crippen molar-refractivity contribution in [2.24, 2.45) is 0 Å². The maximum Gasteiger partial charge on any atom is 0.0464 e. The molecule has 0 aliphatic heterocycles. The highest BCUT2D eigenvalue weighted by Gasteiger charge is 2.25. The molecule has 0 saturated heterocycles. The lowest BCUT2D eigenvalue weighted by Crippen LogP contribution is -2.17. The Morgan fingerprint density at radius 2 is 0.667 bits per heavy atom. The Balaban J connectivity index is 1.16. The molecule has 0 unspecified atom stereocenters. The average molecular weight is 875 g/mol. The molecule has 2 aliphatic carbocycles. The van der Waals surface area contributed by atoms with Crippen LogP contribution < -0.4 is 9.80 Å². The third-order valence-corrected chi connectivity index (χ3v) is 14.7. The van der Waals surface area contributed by atoms with E-state index >= 15 is 0 Å². The predicted octanol–water partition coefficient (Wildman–Crippen LogP) is 19.7. The largest absolute Gasteiger partial charge is 0.310 e. The van der Waals surface area contributed by atoms with Crippen molar-refractivity contribution in [3.05, 3.63) is 178 Å². The number of benzene rings is 6. The van der Waals surface area contributed by atoms with E-state index in [-0.39, 0.29) is 10.8 Å². The molecule has 2 heteroatoms. The molecule has 0 heterocycles. The summed E-state index contributed by atoms with van der Waals surface area (Å²) in [5.41, 5.74) is 17.9. The number of nitrogens with zero attached hydrogens (tertiary/aromatic N) is 2. The molecule has 66 heavy (non-hydrogen) atoms. The fraction of sp³-hybridized carbons (Fsp3) is 0.406. The molecule has 2 nitrogen and oxygen atoms in total. The normalized spacial score (nSPS) is 15.5. The fourth-order valence-electron chi connectivity index (χ4n) is 10.7. The van der Waals surface area contributed by atoms with E-state index in [1.165, 1.54) is 143 Å². The van der Waals surface area contributed by atoms with Gasteiger partial charge in [0.2, 0.25) is 0 Å². The maximum atomic E-state index is 2.46. The van der Waals surface area contributed by atoms with Gasteiger partial charge >= 0.3 is 0 Å². The third kappa shape index (κ3) is 10.9. The van der Waals surface area contributed by atoms with Gasteiger partial charge in [-0.1, -0.05) is 181 Å². The zero-order chi connectivity index (χ0) is 46.6. The second-order valence-electron chi connectivity index (χ2n) is 22.4. The minimum Gasteiger partial charge on any atom is -0.310 e. The second-order valence-corrected chi connectivity index (χ2v) is 22.4. The Bertz CT molecular complexity index is 2350. The standard InChI is InChI=1S/C64H78N2/c1-45(2)47-23-33-55(34-24-47)65(57-37-27-51(28-38-57)49-17-13-11-14-18-49)59-41-31-53(61(43-59)63(5,6)7)21-22-54-32-42-60(44-62(54)64(8,9)10)66(56-35-25-48(26-36-56)46(3)4)58-39-29-52(30-40-58)50-19-15-12-16-20-50/h21-46,49-50H,11-20H2,1-10H3. The first-order chi connectivity index (χ1) is 31.6. The first-order valence-corrected chi connectivity index (χ1v) is 25.6. The van der Waals surface area contributed by atoms with Crippen LogP contribution >= 0.6 is 0 Å². The lowest BCUT2D eigenvalue weighted by Gasteiger charge is -2.30. The van der Waals surface area contributed by atoms with Gasteiger partial charge < -0.3 is 9.80 Å². The molecule has 0 radical (unpaired) electrons. The van der Waals surface area contributed by atoms with Crippen LogP contribution in [0.4, 0.5) is 34.1 Å². The summed E-state index contributed by atoms with van der Waals surface area (Å²) in [5, 5.41) is 0. The summed E-state index contributed by atoms with van der Waals surface area (Å²) in [6.45, 7) is 23.2. The maximum absolute atomic E-state index is 2.46. The van der Waals surface area contributed by atoms with Crippen molar-refractivity contribution in [3.63, 3.8) is 0 Å². The molecule has 344 valence electrons. The first-order valence-electron chi connectivity index (χ1n) is 25.6. The smallest absolute Gasteiger partial charge is 0.0464 e. The van der Waals surface area contributed by atoms with Crippen molar-refractivity contribution in [3.8, 4) is 0 Å². The summed E-state index contributed by atoms with van der Waals surface area (Å²) >= 11 is 0. The Hall–Kier alpha value is -5.34. The Morgan fingerprint density at radius 3 is 0.955 bits per heavy atom. The number of hydrogen-bond acceptors (Lipinski definition) is 2. The number of hydrogen-bond donors (Lipinski definition) is 0. The van der Waals surface area contributed by atoms with E-state index in [4.69, 9.17) is 0 Å². The van der Waals surface area contributed by atoms with E-state index in [1.54, 1.807) is 0 Å². The van der Waals surface area contributed by atoms with E-state index in [2.05, 4.69) is 225 Å². The summed E-state index contributed by atoms with van der Waals surface area (Å²) in [6.07, 6.45) is 18.1. The molecule has 2 aliphatic rings. The Kier molecular flexibility index (Phi) is 14.5. The molecule has 8 rings (SSSR count). The van der Waals surface area contributed by atoms with E-state index in [0.717, 1.165) is 0 Å². The van der Waals surface area contributed by atoms with Crippen molar-refractivity contribution in [1.29, 1.82) is 0 Å². The van der Waals surface area contributed by atoms with Crippen molar-refractivity contribution in [2.45, 2.75) is 168 Å². The molecule has 6 aromatic rings. The number of anilines is 6. The van der Waals surface area contributed by atoms with Gasteiger partial charge in [-0.2, -0.15) is 0 Å². The van der Waals surface area contributed by atoms with Crippen molar-refractivity contribution >= 4 is 46.3 Å². The molecule has 0 bridgehead atoms. The zero-order valence-electron chi connectivity index (χ0n) is 42.1. The van der Waals surface area contributed by atoms with E-state index in [1.807, 2.05) is 0 Å². The molecular formula is C64H78N2. The molecule has 0 amide bonds. The lowest BCUT2D eigenvalue weighted by atomic mass is 9.81. The van der Waals surface area contributed by atoms with Gasteiger partial charge in [0, 0.05) is 34.1 Å². The molecule has 0 atom stereocenters. The van der Waals surface area contributed by atoms with Crippen LogP contribution in [0.1, 0.15) is 202 Å². The summed E-state index contributed by atoms with van der Waals surface area (Å²) in [5.74, 6) is 2.34. The van der Waals surface area contributed by atoms with Crippen LogP contribution in [0.15, 0.2) is 133 Å². The highest BCUT2D eigenvalue weighted by molar-refractivity contribution is 5.82. The van der Waals surface area contributed by atoms with E-state index < -0.39 is 0 Å². The van der Waals surface area contributed by atoms with Gasteiger partial charge in [-0.3, -0.25) is 0 Å². The quantitative estimate of drug-likeness (QED) is 0.113. The van der Waals surface area contributed by atoms with Crippen LogP contribution in [0.2, 0.25) is 0 Å². The van der Waals surface area contributed by atoms with Gasteiger partial charge in [0.1, 0.15) is 0 Å². The molecule has 0 N–H and O–H groups in total. The van der Waals surface area contributed by atoms with Gasteiger partial charge in [-0.05, 0) is 177 Å². The lowest BCUT2D eigenvalue weighted by molar-refractivity contribution is 0.443. The Morgan fingerprint density at radius 1 is 0.379 bits per heavy atom. The van der Waals surface area contributed by atoms with Crippen molar-refractivity contribution < 1.29 is 0 Å². The topological polar surface area (TPSA) is 6.48 Å². The fourth-order valence-corrected chi connectivity index (χ4v) is 10.7. The summed E-state index contributed by atoms with van der Waals surface area (Å²) in [4.78, 5) is 4.92. The highest BCUT2D eigenvalue weighted by atomic mass is 15.1. The first kappa shape index (κ1) is 47.2. The van der Waals surface area contributed by atoms with Crippen LogP contribution in [-0.4, -0.2) is 0 Å². The molecule has 6 aromatic carbocycles. The summed E-state index contributed by atoms with van der Waals surface area (Å²) < 4.78 is 0. The predicted molar refractivity (Wildman–Crippen MR) is 288 cm³/mol. The van der Waals surface area contributed by atoms with Crippen LogP contribution in [0.25, 0.3) is 12.2 Å². The van der Waals surface area contributed by atoms with Crippen LogP contribution in [0, 0.1) is 0 Å². The summed E-state index contributed by atoms with van der Waals surface area (Å²) in [6, 6.07) is 51.7. The number of rotatable bonds is 12. The van der Waals surface area contributed by atoms with Gasteiger partial charge in [-0.15, -0.1) is 0 Å². The van der Waals surface area contributed by atoms with Gasteiger partial charge in [0.15, 0.2) is 0 Å². The van der Waals surface area contributed by atoms with Gasteiger partial charge in [-0.25, -0.2) is 0 Å². The molecule has 0 spiro atoms. The Labute approximate surface area is 400 Å². The third-order valence-electron chi connectivity index (χ3n) is 14.7. The second kappa shape index (κ2) is 20.3. The average Bonchev–Trinajstić information content (AvgIpc) is 3.32. The molecule has 2 fully saturated rings. The molecule has 2 saturated carbocycles. The molecular weight excluding hydrogens is 797 g/mol. The minimum absolute atomic E-state index is 0.0808. The molecule has 0 aromatic heterocycles.